The fourth-order valence-corrected chi connectivity index (χ4v) is 3.61. The lowest BCUT2D eigenvalue weighted by atomic mass is 9.95. The van der Waals surface area contributed by atoms with Gasteiger partial charge in [0.05, 0.1) is 19.2 Å². The molecule has 1 N–H and O–H groups in total. The van der Waals surface area contributed by atoms with Crippen LogP contribution in [0.4, 0.5) is 4.79 Å². The van der Waals surface area contributed by atoms with Gasteiger partial charge in [-0.25, -0.2) is 4.79 Å². The Morgan fingerprint density at radius 2 is 1.79 bits per heavy atom. The molecule has 2 amide bonds. The fourth-order valence-electron chi connectivity index (χ4n) is 3.61. The van der Waals surface area contributed by atoms with Gasteiger partial charge >= 0.3 is 6.09 Å². The molecule has 1 atom stereocenters. The van der Waals surface area contributed by atoms with Crippen molar-refractivity contribution in [2.24, 2.45) is 5.92 Å². The van der Waals surface area contributed by atoms with Gasteiger partial charge in [-0.2, -0.15) is 0 Å². The van der Waals surface area contributed by atoms with Crippen molar-refractivity contribution in [1.29, 1.82) is 0 Å². The highest BCUT2D eigenvalue weighted by Crippen LogP contribution is 2.34. The standard InChI is InChI=1S/C21H31N3O5/c1-4-27-21(26)24-9-7-23(8-10-24)14-19(25)22-20(15(2)3)16-5-6-17-18(13-16)29-12-11-28-17/h5-6,13,15,20H,4,7-12,14H2,1-3H3,(H,22,25)/t20-/m1/s1. The summed E-state index contributed by atoms with van der Waals surface area (Å²) in [6.07, 6.45) is -0.282. The first-order valence-corrected chi connectivity index (χ1v) is 10.3. The molecule has 29 heavy (non-hydrogen) atoms. The van der Waals surface area contributed by atoms with Gasteiger partial charge in [0, 0.05) is 26.2 Å². The van der Waals surface area contributed by atoms with Gasteiger partial charge in [0.25, 0.3) is 0 Å². The Kier molecular flexibility index (Phi) is 7.19. The van der Waals surface area contributed by atoms with Crippen molar-refractivity contribution >= 4 is 12.0 Å². The van der Waals surface area contributed by atoms with E-state index in [2.05, 4.69) is 24.1 Å². The van der Waals surface area contributed by atoms with Crippen molar-refractivity contribution in [3.8, 4) is 11.5 Å². The number of carbonyl (C=O) groups excluding carboxylic acids is 2. The van der Waals surface area contributed by atoms with E-state index >= 15 is 0 Å². The maximum Gasteiger partial charge on any atom is 0.409 e. The van der Waals surface area contributed by atoms with Gasteiger partial charge in [-0.15, -0.1) is 0 Å². The summed E-state index contributed by atoms with van der Waals surface area (Å²) in [5.41, 5.74) is 1.00. The van der Waals surface area contributed by atoms with E-state index in [1.165, 1.54) is 0 Å². The Morgan fingerprint density at radius 1 is 1.10 bits per heavy atom. The quantitative estimate of drug-likeness (QED) is 0.780. The molecule has 0 aromatic heterocycles. The van der Waals surface area contributed by atoms with Crippen LogP contribution in [0, 0.1) is 5.92 Å². The average Bonchev–Trinajstić information content (AvgIpc) is 2.72. The first-order valence-electron chi connectivity index (χ1n) is 10.3. The molecule has 1 fully saturated rings. The molecule has 1 saturated heterocycles. The van der Waals surface area contributed by atoms with Crippen molar-refractivity contribution in [1.82, 2.24) is 15.1 Å². The SMILES string of the molecule is CCOC(=O)N1CCN(CC(=O)N[C@@H](c2ccc3c(c2)OCCO3)C(C)C)CC1. The summed E-state index contributed by atoms with van der Waals surface area (Å²) in [5.74, 6) is 1.67. The van der Waals surface area contributed by atoms with E-state index in [1.54, 1.807) is 11.8 Å². The second-order valence-electron chi connectivity index (χ2n) is 7.65. The summed E-state index contributed by atoms with van der Waals surface area (Å²) in [6.45, 7) is 10.2. The van der Waals surface area contributed by atoms with Gasteiger partial charge in [0.15, 0.2) is 11.5 Å². The fraction of sp³-hybridized carbons (Fsp3) is 0.619. The third kappa shape index (κ3) is 5.53. The molecule has 2 heterocycles. The summed E-state index contributed by atoms with van der Waals surface area (Å²) < 4.78 is 16.3. The highest BCUT2D eigenvalue weighted by Gasteiger charge is 2.25. The summed E-state index contributed by atoms with van der Waals surface area (Å²) in [5, 5.41) is 3.16. The van der Waals surface area contributed by atoms with E-state index in [0.29, 0.717) is 52.5 Å². The van der Waals surface area contributed by atoms with Gasteiger partial charge in [-0.1, -0.05) is 19.9 Å². The van der Waals surface area contributed by atoms with E-state index < -0.39 is 0 Å². The third-order valence-corrected chi connectivity index (χ3v) is 5.17. The van der Waals surface area contributed by atoms with Crippen LogP contribution in [-0.2, 0) is 9.53 Å². The number of hydrogen-bond donors (Lipinski definition) is 1. The smallest absolute Gasteiger partial charge is 0.409 e. The van der Waals surface area contributed by atoms with Crippen molar-refractivity contribution in [3.05, 3.63) is 23.8 Å². The van der Waals surface area contributed by atoms with Crippen molar-refractivity contribution < 1.29 is 23.8 Å². The molecule has 160 valence electrons. The molecule has 0 unspecified atom stereocenters. The minimum Gasteiger partial charge on any atom is -0.486 e. The van der Waals surface area contributed by atoms with E-state index in [4.69, 9.17) is 14.2 Å². The number of fused-ring (bicyclic) bond motifs is 1. The highest BCUT2D eigenvalue weighted by atomic mass is 16.6. The van der Waals surface area contributed by atoms with E-state index in [9.17, 15) is 9.59 Å². The van der Waals surface area contributed by atoms with Crippen LogP contribution in [0.3, 0.4) is 0 Å². The second-order valence-corrected chi connectivity index (χ2v) is 7.65. The predicted octanol–water partition coefficient (Wildman–Crippen LogP) is 2.05. The molecule has 0 spiro atoms. The first-order chi connectivity index (χ1) is 14.0. The maximum absolute atomic E-state index is 12.7. The summed E-state index contributed by atoms with van der Waals surface area (Å²) in [6, 6.07) is 5.73. The lowest BCUT2D eigenvalue weighted by Gasteiger charge is -2.34. The van der Waals surface area contributed by atoms with Crippen LogP contribution in [0.5, 0.6) is 11.5 Å². The monoisotopic (exact) mass is 405 g/mol. The molecule has 0 aliphatic carbocycles. The highest BCUT2D eigenvalue weighted by molar-refractivity contribution is 5.78. The molecular weight excluding hydrogens is 374 g/mol. The second kappa shape index (κ2) is 9.82. The Hall–Kier alpha value is -2.48. The van der Waals surface area contributed by atoms with Crippen LogP contribution in [0.15, 0.2) is 18.2 Å². The van der Waals surface area contributed by atoms with Gasteiger partial charge in [-0.3, -0.25) is 9.69 Å². The van der Waals surface area contributed by atoms with Gasteiger partial charge in [-0.05, 0) is 30.5 Å². The summed E-state index contributed by atoms with van der Waals surface area (Å²) in [4.78, 5) is 28.2. The molecule has 0 saturated carbocycles. The number of piperazine rings is 1. The zero-order valence-electron chi connectivity index (χ0n) is 17.5. The number of nitrogens with zero attached hydrogens (tertiary/aromatic N) is 2. The molecule has 1 aromatic rings. The Balaban J connectivity index is 1.55. The topological polar surface area (TPSA) is 80.3 Å². The Bertz CT molecular complexity index is 716. The number of ether oxygens (including phenoxy) is 3. The molecule has 2 aliphatic rings. The molecule has 3 rings (SSSR count). The van der Waals surface area contributed by atoms with Crippen LogP contribution in [0.2, 0.25) is 0 Å². The normalized spacial score (nSPS) is 17.7. The van der Waals surface area contributed by atoms with Crippen molar-refractivity contribution in [3.63, 3.8) is 0 Å². The predicted molar refractivity (Wildman–Crippen MR) is 108 cm³/mol. The largest absolute Gasteiger partial charge is 0.486 e. The number of rotatable bonds is 6. The average molecular weight is 405 g/mol. The van der Waals surface area contributed by atoms with Crippen LogP contribution in [0.1, 0.15) is 32.4 Å². The Morgan fingerprint density at radius 3 is 2.45 bits per heavy atom. The van der Waals surface area contributed by atoms with Crippen LogP contribution in [0.25, 0.3) is 0 Å². The number of carbonyl (C=O) groups is 2. The number of nitrogens with one attached hydrogen (secondary N) is 1. The summed E-state index contributed by atoms with van der Waals surface area (Å²) >= 11 is 0. The minimum atomic E-state index is -0.282. The maximum atomic E-state index is 12.7. The molecule has 8 heteroatoms. The van der Waals surface area contributed by atoms with Crippen LogP contribution in [-0.4, -0.2) is 74.3 Å². The van der Waals surface area contributed by atoms with E-state index in [-0.39, 0.29) is 24.0 Å². The summed E-state index contributed by atoms with van der Waals surface area (Å²) in [7, 11) is 0. The zero-order valence-corrected chi connectivity index (χ0v) is 17.5. The number of amides is 2. The molecule has 2 aliphatic heterocycles. The molecule has 8 nitrogen and oxygen atoms in total. The zero-order chi connectivity index (χ0) is 20.8. The van der Waals surface area contributed by atoms with Crippen molar-refractivity contribution in [2.75, 3.05) is 52.5 Å². The van der Waals surface area contributed by atoms with Gasteiger partial charge < -0.3 is 24.4 Å². The molecule has 1 aromatic carbocycles. The number of benzene rings is 1. The lowest BCUT2D eigenvalue weighted by Crippen LogP contribution is -2.51. The van der Waals surface area contributed by atoms with Crippen LogP contribution < -0.4 is 14.8 Å². The van der Waals surface area contributed by atoms with Gasteiger partial charge in [0.2, 0.25) is 5.91 Å². The first kappa shape index (κ1) is 21.2. The molecule has 0 radical (unpaired) electrons. The van der Waals surface area contributed by atoms with Crippen LogP contribution >= 0.6 is 0 Å². The Labute approximate surface area is 172 Å². The third-order valence-electron chi connectivity index (χ3n) is 5.17. The van der Waals surface area contributed by atoms with E-state index in [1.807, 2.05) is 18.2 Å². The number of hydrogen-bond acceptors (Lipinski definition) is 6. The molecular formula is C21H31N3O5. The van der Waals surface area contributed by atoms with E-state index in [0.717, 1.165) is 17.1 Å². The van der Waals surface area contributed by atoms with Crippen molar-refractivity contribution in [2.45, 2.75) is 26.8 Å². The lowest BCUT2D eigenvalue weighted by molar-refractivity contribution is -0.123. The van der Waals surface area contributed by atoms with Gasteiger partial charge in [0.1, 0.15) is 13.2 Å². The molecule has 0 bridgehead atoms. The minimum absolute atomic E-state index is 0.0248.